The van der Waals surface area contributed by atoms with Gasteiger partial charge in [0.05, 0.1) is 11.9 Å². The Morgan fingerprint density at radius 2 is 2.20 bits per heavy atom. The standard InChI is InChI=1S/C8H4N4O2S/c13-15(14)8-11-5-3-10-7-4(1-2-9-7)6(5)12-8/h1-3,12H. The smallest absolute Gasteiger partial charge is 0.258 e. The largest absolute Gasteiger partial charge is 0.325 e. The van der Waals surface area contributed by atoms with E-state index in [1.165, 1.54) is 6.20 Å². The highest BCUT2D eigenvalue weighted by Gasteiger charge is 2.17. The van der Waals surface area contributed by atoms with Crippen molar-refractivity contribution in [2.24, 2.45) is 9.98 Å². The van der Waals surface area contributed by atoms with E-state index in [-0.39, 0.29) is 5.11 Å². The van der Waals surface area contributed by atoms with Gasteiger partial charge in [-0.05, 0) is 6.08 Å². The zero-order chi connectivity index (χ0) is 10.4. The van der Waals surface area contributed by atoms with Gasteiger partial charge < -0.3 is 5.32 Å². The van der Waals surface area contributed by atoms with Crippen molar-refractivity contribution >= 4 is 27.2 Å². The van der Waals surface area contributed by atoms with Crippen molar-refractivity contribution in [1.82, 2.24) is 4.98 Å². The topological polar surface area (TPSA) is 83.8 Å². The van der Waals surface area contributed by atoms with E-state index in [1.807, 2.05) is 0 Å². The van der Waals surface area contributed by atoms with Gasteiger partial charge in [-0.2, -0.15) is 8.42 Å². The Morgan fingerprint density at radius 3 is 3.00 bits per heavy atom. The molecule has 0 aliphatic carbocycles. The molecule has 2 aliphatic rings. The summed E-state index contributed by atoms with van der Waals surface area (Å²) in [6.07, 6.45) is 4.88. The van der Waals surface area contributed by atoms with Crippen LogP contribution in [-0.4, -0.2) is 18.5 Å². The van der Waals surface area contributed by atoms with Crippen molar-refractivity contribution in [2.45, 2.75) is 0 Å². The molecule has 3 heterocycles. The molecule has 0 fully saturated rings. The molecule has 1 aromatic rings. The number of fused-ring (bicyclic) bond motifs is 3. The van der Waals surface area contributed by atoms with Crippen LogP contribution in [0, 0.1) is 0 Å². The van der Waals surface area contributed by atoms with Crippen LogP contribution in [0.15, 0.2) is 22.4 Å². The van der Waals surface area contributed by atoms with E-state index in [4.69, 9.17) is 0 Å². The highest BCUT2D eigenvalue weighted by atomic mass is 32.2. The molecular formula is C8H4N4O2S. The van der Waals surface area contributed by atoms with E-state index < -0.39 is 10.3 Å². The SMILES string of the molecule is O=S(=O)=C1N=c2cnc3c(c2N1)C=CN=3. The number of nitrogens with zero attached hydrogens (tertiary/aromatic N) is 3. The fraction of sp³-hybridized carbons (Fsp3) is 0. The third-order valence-electron chi connectivity index (χ3n) is 2.13. The lowest BCUT2D eigenvalue weighted by molar-refractivity contribution is 0.627. The molecule has 0 spiro atoms. The first kappa shape index (κ1) is 8.30. The number of pyridine rings is 1. The zero-order valence-corrected chi connectivity index (χ0v) is 8.11. The Kier molecular flexibility index (Phi) is 1.51. The number of rotatable bonds is 0. The monoisotopic (exact) mass is 220 g/mol. The summed E-state index contributed by atoms with van der Waals surface area (Å²) in [5.41, 5.74) is 2.00. The average Bonchev–Trinajstić information content (AvgIpc) is 2.82. The molecule has 2 aliphatic heterocycles. The van der Waals surface area contributed by atoms with E-state index >= 15 is 0 Å². The lowest BCUT2D eigenvalue weighted by atomic mass is 10.2. The van der Waals surface area contributed by atoms with Crippen LogP contribution in [0.4, 0.5) is 5.69 Å². The van der Waals surface area contributed by atoms with Crippen LogP contribution >= 0.6 is 0 Å². The summed E-state index contributed by atoms with van der Waals surface area (Å²) in [5.74, 6) is 0. The number of aromatic nitrogens is 1. The van der Waals surface area contributed by atoms with Crippen LogP contribution in [0.1, 0.15) is 5.56 Å². The minimum Gasteiger partial charge on any atom is -0.325 e. The van der Waals surface area contributed by atoms with Gasteiger partial charge in [0, 0.05) is 11.8 Å². The van der Waals surface area contributed by atoms with Crippen molar-refractivity contribution in [3.8, 4) is 0 Å². The normalized spacial score (nSPS) is 15.1. The van der Waals surface area contributed by atoms with E-state index in [0.29, 0.717) is 16.5 Å². The van der Waals surface area contributed by atoms with Gasteiger partial charge in [0.25, 0.3) is 15.4 Å². The molecule has 0 saturated carbocycles. The van der Waals surface area contributed by atoms with Crippen LogP contribution in [-0.2, 0) is 10.3 Å². The maximum atomic E-state index is 10.7. The lowest BCUT2D eigenvalue weighted by Crippen LogP contribution is -2.17. The van der Waals surface area contributed by atoms with Gasteiger partial charge in [-0.3, -0.25) is 0 Å². The van der Waals surface area contributed by atoms with Gasteiger partial charge in [0.15, 0.2) is 5.49 Å². The van der Waals surface area contributed by atoms with Crippen LogP contribution in [0.2, 0.25) is 0 Å². The molecule has 0 amide bonds. The second kappa shape index (κ2) is 2.74. The molecule has 15 heavy (non-hydrogen) atoms. The first-order valence-corrected chi connectivity index (χ1v) is 5.18. The number of hydrogen-bond donors (Lipinski definition) is 1. The first-order valence-electron chi connectivity index (χ1n) is 4.11. The fourth-order valence-electron chi connectivity index (χ4n) is 1.49. The van der Waals surface area contributed by atoms with Gasteiger partial charge >= 0.3 is 0 Å². The Balaban J connectivity index is 2.40. The number of hydrogen-bond acceptors (Lipinski definition) is 4. The summed E-state index contributed by atoms with van der Waals surface area (Å²) >= 11 is 0. The van der Waals surface area contributed by atoms with Gasteiger partial charge in [0.1, 0.15) is 5.36 Å². The summed E-state index contributed by atoms with van der Waals surface area (Å²) in [6, 6.07) is 0. The van der Waals surface area contributed by atoms with E-state index in [1.54, 1.807) is 12.3 Å². The Bertz CT molecular complexity index is 738. The maximum absolute atomic E-state index is 10.7. The van der Waals surface area contributed by atoms with Crippen LogP contribution < -0.4 is 16.2 Å². The second-order valence-electron chi connectivity index (χ2n) is 2.98. The van der Waals surface area contributed by atoms with E-state index in [2.05, 4.69) is 20.3 Å². The molecule has 6 nitrogen and oxygen atoms in total. The van der Waals surface area contributed by atoms with E-state index in [9.17, 15) is 8.42 Å². The third-order valence-corrected chi connectivity index (χ3v) is 2.63. The van der Waals surface area contributed by atoms with Crippen molar-refractivity contribution in [1.29, 1.82) is 0 Å². The lowest BCUT2D eigenvalue weighted by Gasteiger charge is -1.97. The van der Waals surface area contributed by atoms with Crippen molar-refractivity contribution in [3.63, 3.8) is 0 Å². The molecular weight excluding hydrogens is 216 g/mol. The van der Waals surface area contributed by atoms with Gasteiger partial charge in [-0.25, -0.2) is 15.0 Å². The molecule has 0 saturated heterocycles. The fourth-order valence-corrected chi connectivity index (χ4v) is 1.85. The second-order valence-corrected chi connectivity index (χ2v) is 3.83. The van der Waals surface area contributed by atoms with Crippen LogP contribution in [0.5, 0.6) is 0 Å². The minimum atomic E-state index is -2.36. The molecule has 0 aromatic carbocycles. The van der Waals surface area contributed by atoms with E-state index in [0.717, 1.165) is 5.56 Å². The summed E-state index contributed by atoms with van der Waals surface area (Å²) in [5, 5.41) is 3.16. The Morgan fingerprint density at radius 1 is 1.33 bits per heavy atom. The van der Waals surface area contributed by atoms with Crippen LogP contribution in [0.3, 0.4) is 0 Å². The Hall–Kier alpha value is -2.02. The molecule has 0 radical (unpaired) electrons. The van der Waals surface area contributed by atoms with Crippen molar-refractivity contribution < 1.29 is 8.42 Å². The summed E-state index contributed by atoms with van der Waals surface area (Å²) < 4.78 is 21.4. The molecule has 7 heteroatoms. The maximum Gasteiger partial charge on any atom is 0.258 e. The van der Waals surface area contributed by atoms with Gasteiger partial charge in [-0.1, -0.05) is 0 Å². The molecule has 1 aromatic heterocycles. The highest BCUT2D eigenvalue weighted by molar-refractivity contribution is 7.73. The molecule has 0 bridgehead atoms. The highest BCUT2D eigenvalue weighted by Crippen LogP contribution is 2.13. The molecule has 0 atom stereocenters. The minimum absolute atomic E-state index is 0.0829. The first-order chi connectivity index (χ1) is 7.25. The third kappa shape index (κ3) is 1.10. The van der Waals surface area contributed by atoms with Gasteiger partial charge in [-0.15, -0.1) is 0 Å². The zero-order valence-electron chi connectivity index (χ0n) is 7.30. The average molecular weight is 220 g/mol. The predicted molar refractivity (Wildman–Crippen MR) is 53.1 cm³/mol. The van der Waals surface area contributed by atoms with Crippen molar-refractivity contribution in [2.75, 3.05) is 5.32 Å². The molecule has 74 valence electrons. The van der Waals surface area contributed by atoms with Crippen molar-refractivity contribution in [3.05, 3.63) is 28.8 Å². The number of anilines is 1. The van der Waals surface area contributed by atoms with Gasteiger partial charge in [0.2, 0.25) is 0 Å². The quantitative estimate of drug-likeness (QED) is 0.551. The van der Waals surface area contributed by atoms with Crippen LogP contribution in [0.25, 0.3) is 6.08 Å². The summed E-state index contributed by atoms with van der Waals surface area (Å²) in [4.78, 5) is 11.9. The molecule has 0 unspecified atom stereocenters. The predicted octanol–water partition coefficient (Wildman–Crippen LogP) is -1.30. The molecule has 1 N–H and O–H groups in total. The Labute approximate surface area is 85.2 Å². The molecule has 3 rings (SSSR count). The summed E-state index contributed by atoms with van der Waals surface area (Å²) in [6.45, 7) is 0. The number of nitrogens with one attached hydrogen (secondary N) is 1. The summed E-state index contributed by atoms with van der Waals surface area (Å²) in [7, 11) is -2.36.